The van der Waals surface area contributed by atoms with E-state index in [-0.39, 0.29) is 5.70 Å². The Hall–Kier alpha value is -2.60. The first kappa shape index (κ1) is 18.2. The molecular weight excluding hydrogens is 398 g/mol. The zero-order valence-electron chi connectivity index (χ0n) is 14.5. The number of ether oxygens (including phenoxy) is 3. The number of rotatable bonds is 6. The first-order valence-electron chi connectivity index (χ1n) is 8.20. The highest BCUT2D eigenvalue weighted by Gasteiger charge is 2.24. The number of aliphatic imine (C=N–C) groups is 1. The maximum absolute atomic E-state index is 12.1. The molecule has 26 heavy (non-hydrogen) atoms. The van der Waals surface area contributed by atoms with E-state index >= 15 is 0 Å². The van der Waals surface area contributed by atoms with Gasteiger partial charge < -0.3 is 14.2 Å². The molecule has 0 aliphatic carbocycles. The van der Waals surface area contributed by atoms with E-state index in [1.165, 1.54) is 0 Å². The summed E-state index contributed by atoms with van der Waals surface area (Å²) >= 11 is 3.38. The van der Waals surface area contributed by atoms with Crippen LogP contribution in [0, 0.1) is 0 Å². The molecule has 1 aliphatic rings. The third kappa shape index (κ3) is 4.14. The van der Waals surface area contributed by atoms with Crippen molar-refractivity contribution in [2.45, 2.75) is 13.3 Å². The monoisotopic (exact) mass is 415 g/mol. The van der Waals surface area contributed by atoms with Crippen LogP contribution in [0.1, 0.15) is 24.5 Å². The van der Waals surface area contributed by atoms with Crippen molar-refractivity contribution < 1.29 is 19.0 Å². The van der Waals surface area contributed by atoms with Gasteiger partial charge in [-0.2, -0.15) is 0 Å². The van der Waals surface area contributed by atoms with Crippen molar-refractivity contribution in [3.63, 3.8) is 0 Å². The molecule has 0 saturated carbocycles. The molecule has 0 bridgehead atoms. The van der Waals surface area contributed by atoms with Gasteiger partial charge in [-0.25, -0.2) is 9.79 Å². The summed E-state index contributed by atoms with van der Waals surface area (Å²) in [5.41, 5.74) is 1.76. The Kier molecular flexibility index (Phi) is 5.73. The molecule has 0 fully saturated rings. The fourth-order valence-corrected chi connectivity index (χ4v) is 2.65. The Morgan fingerprint density at radius 1 is 1.15 bits per heavy atom. The standard InChI is InChI=1S/C20H18BrNO4/c1-3-10-25-17-9-4-13(12-18(17)24-2)11-16-20(23)26-19(22-16)14-5-7-15(21)8-6-14/h4-9,11-12H,3,10H2,1-2H3/b16-11-. The Morgan fingerprint density at radius 3 is 2.62 bits per heavy atom. The molecule has 6 heteroatoms. The maximum atomic E-state index is 12.1. The van der Waals surface area contributed by atoms with Gasteiger partial charge in [-0.05, 0) is 54.5 Å². The van der Waals surface area contributed by atoms with Gasteiger partial charge in [0.15, 0.2) is 17.2 Å². The molecule has 0 N–H and O–H groups in total. The SMILES string of the molecule is CCCOc1ccc(/C=C2\N=C(c3ccc(Br)cc3)OC2=O)cc1OC. The fraction of sp³-hybridized carbons (Fsp3) is 0.200. The second kappa shape index (κ2) is 8.19. The average Bonchev–Trinajstić information content (AvgIpc) is 3.01. The van der Waals surface area contributed by atoms with Crippen LogP contribution in [0.5, 0.6) is 11.5 Å². The molecular formula is C20H18BrNO4. The van der Waals surface area contributed by atoms with E-state index in [1.807, 2.05) is 43.3 Å². The number of nitrogens with zero attached hydrogens (tertiary/aromatic N) is 1. The lowest BCUT2D eigenvalue weighted by Gasteiger charge is -2.10. The Labute approximate surface area is 160 Å². The number of halogens is 1. The summed E-state index contributed by atoms with van der Waals surface area (Å²) in [4.78, 5) is 16.4. The van der Waals surface area contributed by atoms with Crippen LogP contribution < -0.4 is 9.47 Å². The molecule has 0 amide bonds. The van der Waals surface area contributed by atoms with Crippen LogP contribution in [-0.2, 0) is 9.53 Å². The minimum Gasteiger partial charge on any atom is -0.493 e. The van der Waals surface area contributed by atoms with E-state index in [9.17, 15) is 4.79 Å². The zero-order chi connectivity index (χ0) is 18.5. The van der Waals surface area contributed by atoms with Crippen LogP contribution in [0.2, 0.25) is 0 Å². The van der Waals surface area contributed by atoms with Crippen LogP contribution in [0.25, 0.3) is 6.08 Å². The minimum absolute atomic E-state index is 0.243. The third-order valence-electron chi connectivity index (χ3n) is 3.66. The number of carbonyl (C=O) groups excluding carboxylic acids is 1. The largest absolute Gasteiger partial charge is 0.493 e. The summed E-state index contributed by atoms with van der Waals surface area (Å²) in [6, 6.07) is 12.9. The molecule has 2 aromatic carbocycles. The van der Waals surface area contributed by atoms with Gasteiger partial charge in [-0.3, -0.25) is 0 Å². The molecule has 0 atom stereocenters. The van der Waals surface area contributed by atoms with E-state index in [0.29, 0.717) is 24.0 Å². The third-order valence-corrected chi connectivity index (χ3v) is 4.19. The summed E-state index contributed by atoms with van der Waals surface area (Å²) in [6.07, 6.45) is 2.58. The molecule has 134 valence electrons. The highest BCUT2D eigenvalue weighted by atomic mass is 79.9. The number of hydrogen-bond donors (Lipinski definition) is 0. The highest BCUT2D eigenvalue weighted by Crippen LogP contribution is 2.30. The number of carbonyl (C=O) groups is 1. The topological polar surface area (TPSA) is 57.1 Å². The average molecular weight is 416 g/mol. The van der Waals surface area contributed by atoms with Gasteiger partial charge in [0.05, 0.1) is 13.7 Å². The van der Waals surface area contributed by atoms with Crippen molar-refractivity contribution in [3.8, 4) is 11.5 Å². The minimum atomic E-state index is -0.479. The number of methoxy groups -OCH3 is 1. The van der Waals surface area contributed by atoms with E-state index in [0.717, 1.165) is 22.0 Å². The summed E-state index contributed by atoms with van der Waals surface area (Å²) in [5, 5.41) is 0. The molecule has 0 unspecified atom stereocenters. The number of cyclic esters (lactones) is 1. The van der Waals surface area contributed by atoms with Crippen molar-refractivity contribution in [2.75, 3.05) is 13.7 Å². The quantitative estimate of drug-likeness (QED) is 0.511. The van der Waals surface area contributed by atoms with Crippen LogP contribution in [0.3, 0.4) is 0 Å². The Balaban J connectivity index is 1.86. The fourth-order valence-electron chi connectivity index (χ4n) is 2.39. The van der Waals surface area contributed by atoms with Gasteiger partial charge in [0, 0.05) is 10.0 Å². The summed E-state index contributed by atoms with van der Waals surface area (Å²) < 4.78 is 17.2. The van der Waals surface area contributed by atoms with E-state index in [4.69, 9.17) is 14.2 Å². The lowest BCUT2D eigenvalue weighted by atomic mass is 10.1. The van der Waals surface area contributed by atoms with Crippen LogP contribution >= 0.6 is 15.9 Å². The second-order valence-corrected chi connectivity index (χ2v) is 6.52. The van der Waals surface area contributed by atoms with E-state index in [1.54, 1.807) is 19.3 Å². The zero-order valence-corrected chi connectivity index (χ0v) is 16.1. The smallest absolute Gasteiger partial charge is 0.363 e. The van der Waals surface area contributed by atoms with Crippen LogP contribution in [-0.4, -0.2) is 25.6 Å². The van der Waals surface area contributed by atoms with Gasteiger partial charge in [0.2, 0.25) is 5.90 Å². The molecule has 2 aromatic rings. The molecule has 0 saturated heterocycles. The van der Waals surface area contributed by atoms with Crippen molar-refractivity contribution in [3.05, 3.63) is 63.8 Å². The van der Waals surface area contributed by atoms with Gasteiger partial charge >= 0.3 is 5.97 Å². The van der Waals surface area contributed by atoms with Gasteiger partial charge in [-0.1, -0.05) is 28.9 Å². The molecule has 0 spiro atoms. The normalized spacial score (nSPS) is 15.0. The van der Waals surface area contributed by atoms with Crippen molar-refractivity contribution in [2.24, 2.45) is 4.99 Å². The molecule has 1 heterocycles. The summed E-state index contributed by atoms with van der Waals surface area (Å²) in [6.45, 7) is 2.65. The van der Waals surface area contributed by atoms with Crippen LogP contribution in [0.15, 0.2) is 57.6 Å². The molecule has 0 radical (unpaired) electrons. The van der Waals surface area contributed by atoms with Crippen molar-refractivity contribution >= 4 is 33.9 Å². The molecule has 0 aromatic heterocycles. The number of esters is 1. The van der Waals surface area contributed by atoms with E-state index in [2.05, 4.69) is 20.9 Å². The molecule has 5 nitrogen and oxygen atoms in total. The number of benzene rings is 2. The molecule has 1 aliphatic heterocycles. The Morgan fingerprint density at radius 2 is 1.92 bits per heavy atom. The first-order chi connectivity index (χ1) is 12.6. The lowest BCUT2D eigenvalue weighted by molar-refractivity contribution is -0.129. The van der Waals surface area contributed by atoms with Crippen LogP contribution in [0.4, 0.5) is 0 Å². The van der Waals surface area contributed by atoms with Crippen molar-refractivity contribution in [1.82, 2.24) is 0 Å². The van der Waals surface area contributed by atoms with Crippen molar-refractivity contribution in [1.29, 1.82) is 0 Å². The lowest BCUT2D eigenvalue weighted by Crippen LogP contribution is -2.05. The predicted octanol–water partition coefficient (Wildman–Crippen LogP) is 4.59. The second-order valence-electron chi connectivity index (χ2n) is 5.60. The first-order valence-corrected chi connectivity index (χ1v) is 8.99. The van der Waals surface area contributed by atoms with Gasteiger partial charge in [-0.15, -0.1) is 0 Å². The van der Waals surface area contributed by atoms with Gasteiger partial charge in [0.1, 0.15) is 0 Å². The van der Waals surface area contributed by atoms with E-state index < -0.39 is 5.97 Å². The summed E-state index contributed by atoms with van der Waals surface area (Å²) in [5.74, 6) is 1.10. The number of hydrogen-bond acceptors (Lipinski definition) is 5. The Bertz CT molecular complexity index is 872. The predicted molar refractivity (Wildman–Crippen MR) is 104 cm³/mol. The highest BCUT2D eigenvalue weighted by molar-refractivity contribution is 9.10. The summed E-state index contributed by atoms with van der Waals surface area (Å²) in [7, 11) is 1.58. The molecule has 3 rings (SSSR count). The maximum Gasteiger partial charge on any atom is 0.363 e. The van der Waals surface area contributed by atoms with Gasteiger partial charge in [0.25, 0.3) is 0 Å².